The Kier molecular flexibility index (Phi) is 48.7. The predicted octanol–water partition coefficient (Wildman–Crippen LogP) is 17.1. The third kappa shape index (κ3) is 48.3. The van der Waals surface area contributed by atoms with Gasteiger partial charge in [-0.25, -0.2) is 4.79 Å². The van der Waals surface area contributed by atoms with Gasteiger partial charge >= 0.3 is 17.9 Å². The molecule has 0 aliphatic rings. The Bertz CT molecular complexity index is 1250. The minimum Gasteiger partial charge on any atom is -0.477 e. The number of rotatable bonds is 52. The van der Waals surface area contributed by atoms with Crippen LogP contribution in [0.25, 0.3) is 0 Å². The molecule has 0 saturated heterocycles. The van der Waals surface area contributed by atoms with E-state index >= 15 is 0 Å². The summed E-state index contributed by atoms with van der Waals surface area (Å²) in [7, 11) is 5.55. The zero-order valence-corrected chi connectivity index (χ0v) is 45.3. The fourth-order valence-corrected chi connectivity index (χ4v) is 8.62. The van der Waals surface area contributed by atoms with Gasteiger partial charge in [-0.15, -0.1) is 0 Å². The molecular formula is C60H110NO7+. The summed E-state index contributed by atoms with van der Waals surface area (Å²) in [5, 5.41) is 9.68. The highest BCUT2D eigenvalue weighted by molar-refractivity contribution is 5.72. The summed E-state index contributed by atoms with van der Waals surface area (Å²) in [6.45, 7) is 4.67. The molecule has 0 aliphatic heterocycles. The second kappa shape index (κ2) is 50.7. The van der Waals surface area contributed by atoms with Crippen molar-refractivity contribution in [1.29, 1.82) is 0 Å². The van der Waals surface area contributed by atoms with Gasteiger partial charge < -0.3 is 23.8 Å². The summed E-state index contributed by atoms with van der Waals surface area (Å²) in [6, 6.07) is -0.616. The van der Waals surface area contributed by atoms with Crippen LogP contribution < -0.4 is 0 Å². The predicted molar refractivity (Wildman–Crippen MR) is 289 cm³/mol. The molecule has 0 aromatic rings. The maximum atomic E-state index is 12.8. The molecular weight excluding hydrogens is 847 g/mol. The monoisotopic (exact) mass is 957 g/mol. The van der Waals surface area contributed by atoms with E-state index in [1.807, 2.05) is 21.1 Å². The number of hydrogen-bond acceptors (Lipinski definition) is 6. The minimum atomic E-state index is -0.873. The van der Waals surface area contributed by atoms with Crippen LogP contribution in [0.15, 0.2) is 48.6 Å². The van der Waals surface area contributed by atoms with E-state index in [4.69, 9.17) is 14.2 Å². The maximum Gasteiger partial charge on any atom is 0.362 e. The van der Waals surface area contributed by atoms with Crippen molar-refractivity contribution >= 4 is 17.9 Å². The lowest BCUT2D eigenvalue weighted by atomic mass is 10.0. The molecule has 8 heteroatoms. The average molecular weight is 958 g/mol. The van der Waals surface area contributed by atoms with Gasteiger partial charge in [0.2, 0.25) is 0 Å². The number of hydrogen-bond donors (Lipinski definition) is 1. The zero-order valence-electron chi connectivity index (χ0n) is 45.3. The molecule has 0 heterocycles. The molecule has 1 N–H and O–H groups in total. The van der Waals surface area contributed by atoms with Gasteiger partial charge in [0.05, 0.1) is 34.4 Å². The lowest BCUT2D eigenvalue weighted by Gasteiger charge is -2.31. The standard InChI is InChI=1S/C60H109NO7/c1-6-8-10-12-14-16-18-20-22-24-26-28-29-31-33-35-37-39-41-43-45-47-49-51-59(63)68-56(54-66-53-52-57(60(64)65)61(3,4)5)55-67-58(62)50-48-46-44-42-40-38-36-34-32-30-27-25-23-21-19-17-15-13-11-9-7-2/h8,10,14,16,20,22,26,28,56-57H,6-7,9,11-13,15,17-19,21,23-25,27,29-55H2,1-5H3/p+1/b10-8-,16-14-,22-20-,28-26-. The number of allylic oxidation sites excluding steroid dienone is 8. The lowest BCUT2D eigenvalue weighted by molar-refractivity contribution is -0.887. The Hall–Kier alpha value is -2.71. The number of aliphatic carboxylic acids is 1. The summed E-state index contributed by atoms with van der Waals surface area (Å²) < 4.78 is 17.4. The van der Waals surface area contributed by atoms with E-state index in [0.29, 0.717) is 19.3 Å². The molecule has 68 heavy (non-hydrogen) atoms. The SMILES string of the molecule is CC/C=C\C/C=C\C/C=C\C/C=C\CCCCCCCCCCCCC(=O)OC(COCCC(C(=O)O)[N+](C)(C)C)COC(=O)CCCCCCCCCCCCCCCCCCCCCCC. The first-order valence-corrected chi connectivity index (χ1v) is 28.7. The number of likely N-dealkylation sites (N-methyl/N-ethyl adjacent to an activating group) is 1. The number of quaternary nitrogens is 1. The lowest BCUT2D eigenvalue weighted by Crippen LogP contribution is -2.50. The maximum absolute atomic E-state index is 12.8. The third-order valence-corrected chi connectivity index (χ3v) is 13.0. The summed E-state index contributed by atoms with van der Waals surface area (Å²) in [5.41, 5.74) is 0. The van der Waals surface area contributed by atoms with Crippen molar-refractivity contribution in [1.82, 2.24) is 0 Å². The molecule has 0 bridgehead atoms. The first kappa shape index (κ1) is 65.3. The fourth-order valence-electron chi connectivity index (χ4n) is 8.62. The number of nitrogens with zero attached hydrogens (tertiary/aromatic N) is 1. The van der Waals surface area contributed by atoms with E-state index in [1.165, 1.54) is 167 Å². The molecule has 0 aromatic heterocycles. The quantitative estimate of drug-likeness (QED) is 0.0281. The van der Waals surface area contributed by atoms with Crippen molar-refractivity contribution in [3.63, 3.8) is 0 Å². The molecule has 0 aliphatic carbocycles. The highest BCUT2D eigenvalue weighted by atomic mass is 16.6. The van der Waals surface area contributed by atoms with Gasteiger partial charge in [-0.05, 0) is 51.4 Å². The highest BCUT2D eigenvalue weighted by Gasteiger charge is 2.31. The van der Waals surface area contributed by atoms with Gasteiger partial charge in [0.15, 0.2) is 12.1 Å². The molecule has 0 radical (unpaired) electrons. The second-order valence-electron chi connectivity index (χ2n) is 20.5. The van der Waals surface area contributed by atoms with E-state index in [0.717, 1.165) is 64.2 Å². The van der Waals surface area contributed by atoms with Crippen LogP contribution in [0.3, 0.4) is 0 Å². The van der Waals surface area contributed by atoms with E-state index in [9.17, 15) is 19.5 Å². The van der Waals surface area contributed by atoms with Gasteiger partial charge in [-0.1, -0.05) is 242 Å². The van der Waals surface area contributed by atoms with Crippen molar-refractivity contribution in [3.8, 4) is 0 Å². The van der Waals surface area contributed by atoms with Crippen LogP contribution in [-0.4, -0.2) is 80.6 Å². The van der Waals surface area contributed by atoms with Crippen LogP contribution in [0, 0.1) is 0 Å². The molecule has 0 spiro atoms. The third-order valence-electron chi connectivity index (χ3n) is 13.0. The summed E-state index contributed by atoms with van der Waals surface area (Å²) in [5.74, 6) is -1.46. The van der Waals surface area contributed by atoms with Crippen LogP contribution in [0.4, 0.5) is 0 Å². The van der Waals surface area contributed by atoms with Crippen LogP contribution >= 0.6 is 0 Å². The van der Waals surface area contributed by atoms with E-state index in [1.54, 1.807) is 0 Å². The van der Waals surface area contributed by atoms with Crippen LogP contribution in [0.1, 0.15) is 264 Å². The van der Waals surface area contributed by atoms with Crippen molar-refractivity contribution in [2.24, 2.45) is 0 Å². The number of carboxylic acid groups (broad SMARTS) is 1. The first-order valence-electron chi connectivity index (χ1n) is 28.7. The molecule has 0 saturated carbocycles. The number of carbonyl (C=O) groups is 3. The van der Waals surface area contributed by atoms with Crippen molar-refractivity contribution in [2.45, 2.75) is 276 Å². The molecule has 2 atom stereocenters. The topological polar surface area (TPSA) is 99.1 Å². The molecule has 2 unspecified atom stereocenters. The average Bonchev–Trinajstić information content (AvgIpc) is 3.30. The second-order valence-corrected chi connectivity index (χ2v) is 20.5. The largest absolute Gasteiger partial charge is 0.477 e. The molecule has 0 rings (SSSR count). The van der Waals surface area contributed by atoms with Gasteiger partial charge in [-0.3, -0.25) is 9.59 Å². The Labute approximate surface area is 420 Å². The summed E-state index contributed by atoms with van der Waals surface area (Å²) in [6.07, 6.45) is 63.1. The van der Waals surface area contributed by atoms with Gasteiger partial charge in [0.1, 0.15) is 6.61 Å². The number of ether oxygens (including phenoxy) is 3. The minimum absolute atomic E-state index is 0.0496. The number of carbonyl (C=O) groups excluding carboxylic acids is 2. The number of carboxylic acids is 1. The van der Waals surface area contributed by atoms with E-state index in [-0.39, 0.29) is 36.2 Å². The molecule has 0 aromatic carbocycles. The fraction of sp³-hybridized carbons (Fsp3) is 0.817. The smallest absolute Gasteiger partial charge is 0.362 e. The van der Waals surface area contributed by atoms with Crippen LogP contribution in [-0.2, 0) is 28.6 Å². The van der Waals surface area contributed by atoms with Crippen molar-refractivity contribution < 1.29 is 38.2 Å². The Balaban J connectivity index is 4.16. The molecule has 0 amide bonds. The van der Waals surface area contributed by atoms with Gasteiger partial charge in [0, 0.05) is 19.3 Å². The first-order chi connectivity index (χ1) is 33.1. The number of esters is 2. The summed E-state index contributed by atoms with van der Waals surface area (Å²) >= 11 is 0. The van der Waals surface area contributed by atoms with E-state index in [2.05, 4.69) is 62.5 Å². The molecule has 8 nitrogen and oxygen atoms in total. The molecule has 396 valence electrons. The van der Waals surface area contributed by atoms with Gasteiger partial charge in [-0.2, -0.15) is 0 Å². The van der Waals surface area contributed by atoms with Crippen LogP contribution in [0.2, 0.25) is 0 Å². The van der Waals surface area contributed by atoms with Crippen molar-refractivity contribution in [2.75, 3.05) is 41.0 Å². The van der Waals surface area contributed by atoms with Crippen molar-refractivity contribution in [3.05, 3.63) is 48.6 Å². The number of unbranched alkanes of at least 4 members (excludes halogenated alkanes) is 30. The Morgan fingerprint density at radius 1 is 0.456 bits per heavy atom. The van der Waals surface area contributed by atoms with E-state index < -0.39 is 18.1 Å². The summed E-state index contributed by atoms with van der Waals surface area (Å²) in [4.78, 5) is 37.3. The van der Waals surface area contributed by atoms with Gasteiger partial charge in [0.25, 0.3) is 0 Å². The Morgan fingerprint density at radius 3 is 1.22 bits per heavy atom. The highest BCUT2D eigenvalue weighted by Crippen LogP contribution is 2.17. The normalized spacial score (nSPS) is 13.1. The Morgan fingerprint density at radius 2 is 0.824 bits per heavy atom. The van der Waals surface area contributed by atoms with Crippen LogP contribution in [0.5, 0.6) is 0 Å². The zero-order chi connectivity index (χ0) is 49.9. The molecule has 0 fully saturated rings.